The average Bonchev–Trinajstić information content (AvgIpc) is 3.55. The van der Waals surface area contributed by atoms with E-state index in [0.717, 1.165) is 29.6 Å². The fraction of sp³-hybridized carbons (Fsp3) is 0.561. The normalized spacial score (nSPS) is 39.3. The van der Waals surface area contributed by atoms with E-state index in [2.05, 4.69) is 112 Å². The lowest BCUT2D eigenvalue weighted by molar-refractivity contribution is -0.160. The van der Waals surface area contributed by atoms with E-state index in [1.807, 2.05) is 7.11 Å². The van der Waals surface area contributed by atoms with Crippen molar-refractivity contribution in [2.75, 3.05) is 13.3 Å². The highest BCUT2D eigenvalue weighted by Crippen LogP contribution is 2.82. The van der Waals surface area contributed by atoms with Gasteiger partial charge >= 0.3 is 0 Å². The lowest BCUT2D eigenvalue weighted by atomic mass is 9.45. The van der Waals surface area contributed by atoms with Gasteiger partial charge in [-0.1, -0.05) is 75.4 Å². The number of hydrogen-bond acceptors (Lipinski definition) is 1. The molecule has 0 saturated heterocycles. The third-order valence-corrected chi connectivity index (χ3v) is 19.4. The maximum Gasteiger partial charge on any atom is 0.112 e. The number of fused-ring (bicyclic) bond motifs is 4. The number of benzene rings is 3. The molecule has 5 aliphatic carbocycles. The Hall–Kier alpha value is -1.22. The summed E-state index contributed by atoms with van der Waals surface area (Å²) in [6.07, 6.45) is 13.2. The summed E-state index contributed by atoms with van der Waals surface area (Å²) in [5.74, 6) is 5.05. The molecule has 0 radical (unpaired) electrons. The molecule has 0 bridgehead atoms. The summed E-state index contributed by atoms with van der Waals surface area (Å²) in [4.78, 5) is 0. The van der Waals surface area contributed by atoms with Crippen LogP contribution >= 0.6 is 7.26 Å². The minimum atomic E-state index is -1.83. The third-order valence-electron chi connectivity index (χ3n) is 14.7. The quantitative estimate of drug-likeness (QED) is 0.219. The first-order valence-electron chi connectivity index (χ1n) is 17.5. The zero-order valence-corrected chi connectivity index (χ0v) is 30.4. The van der Waals surface area contributed by atoms with Crippen LogP contribution in [0.4, 0.5) is 0 Å². The number of hydrogen-bond donors (Lipinski definition) is 0. The maximum atomic E-state index is 6.44. The van der Waals surface area contributed by atoms with Gasteiger partial charge < -0.3 is 28.7 Å². The van der Waals surface area contributed by atoms with Gasteiger partial charge in [0.25, 0.3) is 0 Å². The molecule has 3 aromatic rings. The van der Waals surface area contributed by atoms with E-state index < -0.39 is 7.26 Å². The van der Waals surface area contributed by atoms with Crippen molar-refractivity contribution >= 4 is 23.2 Å². The maximum absolute atomic E-state index is 6.44. The molecule has 0 heterocycles. The van der Waals surface area contributed by atoms with Crippen molar-refractivity contribution in [1.82, 2.24) is 0 Å². The van der Waals surface area contributed by atoms with E-state index in [9.17, 15) is 0 Å². The highest BCUT2D eigenvalue weighted by Gasteiger charge is 2.77. The van der Waals surface area contributed by atoms with E-state index in [4.69, 9.17) is 4.74 Å². The van der Waals surface area contributed by atoms with Gasteiger partial charge in [0.05, 0.1) is 12.3 Å². The zero-order chi connectivity index (χ0) is 29.5. The third kappa shape index (κ3) is 4.28. The van der Waals surface area contributed by atoms with Gasteiger partial charge in [0, 0.05) is 12.5 Å². The van der Waals surface area contributed by atoms with Crippen molar-refractivity contribution in [3.8, 4) is 0 Å². The standard InChI is InChI=1S/C41H52OP.HI/c1-29(28-43(31-14-8-5-9-15-31,32-16-10-6-11-17-32)33-18-12-7-13-19-33)35-20-21-36-34-26-38(42-4)41-27-30(41)22-25-40(41,3)37(34)23-24-39(35,36)2;/h5-19,29-30,34-38H,20-28H2,1-4H3;1H/q+1;/p-1/t29-,30+,34?,35-,36?,37?,38-,39-,40-,41+;/m1./s1. The Kier molecular flexibility index (Phi) is 8.19. The average molecular weight is 719 g/mol. The van der Waals surface area contributed by atoms with Gasteiger partial charge in [-0.3, -0.25) is 0 Å². The summed E-state index contributed by atoms with van der Waals surface area (Å²) in [6, 6.07) is 34.8. The second kappa shape index (κ2) is 11.5. The molecule has 0 amide bonds. The summed E-state index contributed by atoms with van der Waals surface area (Å²) < 4.78 is 6.44. The smallest absolute Gasteiger partial charge is 0.112 e. The van der Waals surface area contributed by atoms with Gasteiger partial charge in [-0.05, 0) is 134 Å². The predicted molar refractivity (Wildman–Crippen MR) is 183 cm³/mol. The molecule has 1 spiro atoms. The van der Waals surface area contributed by atoms with Crippen LogP contribution in [0.1, 0.15) is 72.1 Å². The minimum Gasteiger partial charge on any atom is -1.00 e. The zero-order valence-electron chi connectivity index (χ0n) is 27.3. The highest BCUT2D eigenvalue weighted by molar-refractivity contribution is 7.95. The van der Waals surface area contributed by atoms with Crippen LogP contribution in [0.3, 0.4) is 0 Å². The van der Waals surface area contributed by atoms with Crippen molar-refractivity contribution in [3.63, 3.8) is 0 Å². The highest BCUT2D eigenvalue weighted by atomic mass is 127. The number of rotatable bonds is 7. The second-order valence-electron chi connectivity index (χ2n) is 15.9. The molecule has 44 heavy (non-hydrogen) atoms. The minimum absolute atomic E-state index is 0. The van der Waals surface area contributed by atoms with E-state index in [0.29, 0.717) is 28.3 Å². The number of methoxy groups -OCH3 is 1. The molecule has 8 rings (SSSR count). The van der Waals surface area contributed by atoms with E-state index in [-0.39, 0.29) is 24.0 Å². The Labute approximate surface area is 284 Å². The monoisotopic (exact) mass is 718 g/mol. The van der Waals surface area contributed by atoms with Crippen molar-refractivity contribution in [2.24, 2.45) is 51.8 Å². The SMILES string of the molecule is CO[C@@H]1CC2C3CC[C@H]([C@H](C)C[P+](c4ccccc4)(c4ccccc4)c4ccccc4)[C@@]3(C)CCC2[C@@]2(C)CC[C@H]3C[C@]312.[I-]. The van der Waals surface area contributed by atoms with Gasteiger partial charge in [-0.15, -0.1) is 0 Å². The van der Waals surface area contributed by atoms with Crippen LogP contribution in [0.5, 0.6) is 0 Å². The van der Waals surface area contributed by atoms with Crippen LogP contribution in [0.25, 0.3) is 0 Å². The lowest BCUT2D eigenvalue weighted by Gasteiger charge is -2.61. The first-order valence-corrected chi connectivity index (χ1v) is 19.4. The molecule has 3 unspecified atom stereocenters. The Bertz CT molecular complexity index is 1350. The lowest BCUT2D eigenvalue weighted by Crippen LogP contribution is -3.00. The van der Waals surface area contributed by atoms with Gasteiger partial charge in [0.2, 0.25) is 0 Å². The molecule has 234 valence electrons. The Morgan fingerprint density at radius 1 is 0.750 bits per heavy atom. The largest absolute Gasteiger partial charge is 1.00 e. The number of ether oxygens (including phenoxy) is 1. The molecule has 5 fully saturated rings. The van der Waals surface area contributed by atoms with Gasteiger partial charge in [0.1, 0.15) is 23.2 Å². The fourth-order valence-electron chi connectivity index (χ4n) is 12.9. The van der Waals surface area contributed by atoms with Gasteiger partial charge in [0.15, 0.2) is 0 Å². The predicted octanol–water partition coefficient (Wildman–Crippen LogP) is 5.90. The molecule has 5 aliphatic rings. The second-order valence-corrected chi connectivity index (χ2v) is 19.5. The van der Waals surface area contributed by atoms with Crippen LogP contribution in [0.15, 0.2) is 91.0 Å². The van der Waals surface area contributed by atoms with Crippen LogP contribution in [-0.4, -0.2) is 19.4 Å². The molecule has 10 atom stereocenters. The van der Waals surface area contributed by atoms with E-state index in [1.165, 1.54) is 73.4 Å². The summed E-state index contributed by atoms with van der Waals surface area (Å²) >= 11 is 0. The summed E-state index contributed by atoms with van der Waals surface area (Å²) in [6.45, 7) is 8.12. The molecule has 3 aromatic carbocycles. The van der Waals surface area contributed by atoms with Crippen LogP contribution < -0.4 is 39.9 Å². The summed E-state index contributed by atoms with van der Waals surface area (Å²) in [7, 11) is 0.205. The first-order chi connectivity index (χ1) is 20.9. The molecule has 1 nitrogen and oxygen atoms in total. The van der Waals surface area contributed by atoms with Crippen LogP contribution in [0, 0.1) is 51.8 Å². The molecule has 0 aromatic heterocycles. The van der Waals surface area contributed by atoms with Crippen LogP contribution in [0.2, 0.25) is 0 Å². The van der Waals surface area contributed by atoms with Crippen molar-refractivity contribution in [1.29, 1.82) is 0 Å². The Morgan fingerprint density at radius 3 is 1.84 bits per heavy atom. The molecule has 3 heteroatoms. The Morgan fingerprint density at radius 2 is 1.32 bits per heavy atom. The van der Waals surface area contributed by atoms with E-state index >= 15 is 0 Å². The van der Waals surface area contributed by atoms with Crippen molar-refractivity contribution < 1.29 is 28.7 Å². The van der Waals surface area contributed by atoms with Gasteiger partial charge in [-0.25, -0.2) is 0 Å². The topological polar surface area (TPSA) is 9.23 Å². The molecule has 0 N–H and O–H groups in total. The fourth-order valence-corrected chi connectivity index (χ4v) is 17.6. The van der Waals surface area contributed by atoms with E-state index in [1.54, 1.807) is 0 Å². The Balaban J connectivity index is 0.00000312. The summed E-state index contributed by atoms with van der Waals surface area (Å²) in [5.41, 5.74) is 1.48. The van der Waals surface area contributed by atoms with Gasteiger partial charge in [-0.2, -0.15) is 0 Å². The van der Waals surface area contributed by atoms with Crippen molar-refractivity contribution in [2.45, 2.75) is 78.2 Å². The summed E-state index contributed by atoms with van der Waals surface area (Å²) in [5, 5.41) is 4.61. The molecular formula is C41H52IOP. The number of halogens is 1. The molecule has 5 saturated carbocycles. The first kappa shape index (κ1) is 31.4. The van der Waals surface area contributed by atoms with Crippen molar-refractivity contribution in [3.05, 3.63) is 91.0 Å². The molecular weight excluding hydrogens is 666 g/mol. The molecule has 0 aliphatic heterocycles. The van der Waals surface area contributed by atoms with Crippen LogP contribution in [-0.2, 0) is 4.74 Å².